The Morgan fingerprint density at radius 1 is 1.04 bits per heavy atom. The first-order valence-electron chi connectivity index (χ1n) is 9.21. The van der Waals surface area contributed by atoms with Crippen molar-refractivity contribution < 1.29 is 4.79 Å². The Morgan fingerprint density at radius 2 is 1.74 bits per heavy atom. The molecule has 0 radical (unpaired) electrons. The molecule has 0 atom stereocenters. The number of rotatable bonds is 5. The maximum atomic E-state index is 12.1. The van der Waals surface area contributed by atoms with E-state index in [2.05, 4.69) is 46.7 Å². The fourth-order valence-corrected chi connectivity index (χ4v) is 3.13. The van der Waals surface area contributed by atoms with Crippen molar-refractivity contribution >= 4 is 35.8 Å². The lowest BCUT2D eigenvalue weighted by Gasteiger charge is -2.31. The highest BCUT2D eigenvalue weighted by atomic mass is 127. The number of guanidine groups is 1. The lowest BCUT2D eigenvalue weighted by Crippen LogP contribution is -2.44. The summed E-state index contributed by atoms with van der Waals surface area (Å²) in [4.78, 5) is 19.0. The second-order valence-electron chi connectivity index (χ2n) is 6.30. The number of carbonyl (C=O) groups is 1. The summed E-state index contributed by atoms with van der Waals surface area (Å²) in [6, 6.07) is 17.8. The zero-order chi connectivity index (χ0) is 18.2. The lowest BCUT2D eigenvalue weighted by atomic mass is 10.0. The molecule has 0 unspecified atom stereocenters. The van der Waals surface area contributed by atoms with Crippen LogP contribution in [0.1, 0.15) is 28.4 Å². The van der Waals surface area contributed by atoms with Crippen LogP contribution in [0.3, 0.4) is 0 Å². The smallest absolute Gasteiger partial charge is 0.251 e. The van der Waals surface area contributed by atoms with Crippen molar-refractivity contribution in [3.8, 4) is 0 Å². The quantitative estimate of drug-likeness (QED) is 0.301. The van der Waals surface area contributed by atoms with Crippen LogP contribution in [0.5, 0.6) is 0 Å². The Hall–Kier alpha value is -2.09. The van der Waals surface area contributed by atoms with Crippen LogP contribution < -0.4 is 10.6 Å². The lowest BCUT2D eigenvalue weighted by molar-refractivity contribution is 0.0955. The minimum Gasteiger partial charge on any atom is -0.357 e. The second-order valence-corrected chi connectivity index (χ2v) is 6.30. The zero-order valence-corrected chi connectivity index (χ0v) is 18.0. The van der Waals surface area contributed by atoms with Gasteiger partial charge in [-0.05, 0) is 36.6 Å². The summed E-state index contributed by atoms with van der Waals surface area (Å²) in [7, 11) is 0. The number of nitrogens with one attached hydrogen (secondary N) is 2. The van der Waals surface area contributed by atoms with Crippen LogP contribution in [0.15, 0.2) is 59.6 Å². The van der Waals surface area contributed by atoms with Crippen molar-refractivity contribution in [1.82, 2.24) is 15.5 Å². The molecule has 1 amide bonds. The van der Waals surface area contributed by atoms with Gasteiger partial charge < -0.3 is 15.5 Å². The maximum Gasteiger partial charge on any atom is 0.251 e. The molecule has 1 heterocycles. The third-order valence-electron chi connectivity index (χ3n) is 4.46. The number of hydrogen-bond acceptors (Lipinski definition) is 2. The fourth-order valence-electron chi connectivity index (χ4n) is 3.13. The molecule has 2 aromatic rings. The van der Waals surface area contributed by atoms with Gasteiger partial charge in [-0.1, -0.05) is 42.5 Å². The monoisotopic (exact) mass is 478 g/mol. The molecule has 3 rings (SSSR count). The molecule has 0 bridgehead atoms. The molecule has 0 saturated carbocycles. The molecule has 144 valence electrons. The molecule has 5 nitrogen and oxygen atoms in total. The average Bonchev–Trinajstić information content (AvgIpc) is 2.70. The Balaban J connectivity index is 0.00000261. The Morgan fingerprint density at radius 3 is 2.48 bits per heavy atom. The number of carbonyl (C=O) groups excluding carboxylic acids is 1. The summed E-state index contributed by atoms with van der Waals surface area (Å²) in [6.07, 6.45) is 1.03. The molecule has 6 heteroatoms. The highest BCUT2D eigenvalue weighted by Gasteiger charge is 2.18. The van der Waals surface area contributed by atoms with E-state index in [1.54, 1.807) is 0 Å². The predicted molar refractivity (Wildman–Crippen MR) is 121 cm³/mol. The minimum atomic E-state index is -0.0577. The normalized spacial score (nSPS) is 13.4. The maximum absolute atomic E-state index is 12.1. The molecular weight excluding hydrogens is 451 g/mol. The molecule has 1 aliphatic rings. The van der Waals surface area contributed by atoms with Gasteiger partial charge in [-0.25, -0.2) is 0 Å². The average molecular weight is 478 g/mol. The first kappa shape index (κ1) is 21.2. The van der Waals surface area contributed by atoms with Gasteiger partial charge in [-0.2, -0.15) is 0 Å². The summed E-state index contributed by atoms with van der Waals surface area (Å²) >= 11 is 0. The topological polar surface area (TPSA) is 56.7 Å². The first-order valence-corrected chi connectivity index (χ1v) is 9.21. The van der Waals surface area contributed by atoms with E-state index in [-0.39, 0.29) is 29.9 Å². The van der Waals surface area contributed by atoms with E-state index < -0.39 is 0 Å². The first-order chi connectivity index (χ1) is 12.8. The summed E-state index contributed by atoms with van der Waals surface area (Å²) in [5.41, 5.74) is 3.47. The van der Waals surface area contributed by atoms with E-state index in [1.807, 2.05) is 30.3 Å². The van der Waals surface area contributed by atoms with Crippen molar-refractivity contribution in [2.24, 2.45) is 4.99 Å². The van der Waals surface area contributed by atoms with E-state index >= 15 is 0 Å². The zero-order valence-electron chi connectivity index (χ0n) is 15.6. The third-order valence-corrected chi connectivity index (χ3v) is 4.46. The highest BCUT2D eigenvalue weighted by molar-refractivity contribution is 14.0. The van der Waals surface area contributed by atoms with Gasteiger partial charge >= 0.3 is 0 Å². The molecule has 27 heavy (non-hydrogen) atoms. The highest BCUT2D eigenvalue weighted by Crippen LogP contribution is 2.18. The number of amides is 1. The third kappa shape index (κ3) is 5.95. The summed E-state index contributed by atoms with van der Waals surface area (Å²) in [5.74, 6) is 0.855. The molecule has 0 aliphatic carbocycles. The second kappa shape index (κ2) is 10.9. The van der Waals surface area contributed by atoms with E-state index in [4.69, 9.17) is 4.99 Å². The van der Waals surface area contributed by atoms with Crippen LogP contribution in [0.2, 0.25) is 0 Å². The van der Waals surface area contributed by atoms with Crippen LogP contribution in [0.25, 0.3) is 0 Å². The van der Waals surface area contributed by atoms with Gasteiger partial charge in [0.2, 0.25) is 0 Å². The number of halogens is 1. The van der Waals surface area contributed by atoms with Gasteiger partial charge in [-0.3, -0.25) is 9.79 Å². The van der Waals surface area contributed by atoms with Crippen LogP contribution >= 0.6 is 24.0 Å². The van der Waals surface area contributed by atoms with Gasteiger partial charge in [0.25, 0.3) is 5.91 Å². The molecular formula is C21H27IN4O. The summed E-state index contributed by atoms with van der Waals surface area (Å²) in [5, 5.41) is 6.29. The standard InChI is InChI=1S/C21H26N4O.HI/c1-2-22-21(25-15-12-17-8-6-7-11-19(17)16-25)24-14-13-23-20(26)18-9-4-3-5-10-18;/h3-11H,2,12-16H2,1H3,(H,22,24)(H,23,26);1H. The fraction of sp³-hybridized carbons (Fsp3) is 0.333. The number of benzene rings is 2. The van der Waals surface area contributed by atoms with E-state index in [0.29, 0.717) is 18.7 Å². The Kier molecular flexibility index (Phi) is 8.57. The van der Waals surface area contributed by atoms with E-state index in [0.717, 1.165) is 32.0 Å². The van der Waals surface area contributed by atoms with Gasteiger partial charge in [0, 0.05) is 31.7 Å². The molecule has 0 spiro atoms. The van der Waals surface area contributed by atoms with Crippen molar-refractivity contribution in [2.75, 3.05) is 26.2 Å². The SMILES string of the molecule is CCNC(=NCCNC(=O)c1ccccc1)N1CCc2ccccc2C1.I. The van der Waals surface area contributed by atoms with E-state index in [9.17, 15) is 4.79 Å². The van der Waals surface area contributed by atoms with Crippen molar-refractivity contribution in [3.63, 3.8) is 0 Å². The largest absolute Gasteiger partial charge is 0.357 e. The van der Waals surface area contributed by atoms with Crippen LogP contribution in [0, 0.1) is 0 Å². The number of aliphatic imine (C=N–C) groups is 1. The predicted octanol–water partition coefficient (Wildman–Crippen LogP) is 3.06. The number of hydrogen-bond donors (Lipinski definition) is 2. The Labute approximate surface area is 178 Å². The number of nitrogens with zero attached hydrogens (tertiary/aromatic N) is 2. The van der Waals surface area contributed by atoms with Gasteiger partial charge in [0.1, 0.15) is 0 Å². The molecule has 0 saturated heterocycles. The van der Waals surface area contributed by atoms with E-state index in [1.165, 1.54) is 11.1 Å². The van der Waals surface area contributed by atoms with Crippen molar-refractivity contribution in [2.45, 2.75) is 19.9 Å². The number of fused-ring (bicyclic) bond motifs is 1. The van der Waals surface area contributed by atoms with Gasteiger partial charge in [0.15, 0.2) is 5.96 Å². The minimum absolute atomic E-state index is 0. The van der Waals surface area contributed by atoms with Crippen LogP contribution in [-0.4, -0.2) is 42.9 Å². The molecule has 0 aromatic heterocycles. The van der Waals surface area contributed by atoms with Crippen molar-refractivity contribution in [1.29, 1.82) is 0 Å². The van der Waals surface area contributed by atoms with Crippen LogP contribution in [-0.2, 0) is 13.0 Å². The molecule has 2 N–H and O–H groups in total. The molecule has 1 aliphatic heterocycles. The van der Waals surface area contributed by atoms with Crippen LogP contribution in [0.4, 0.5) is 0 Å². The molecule has 0 fully saturated rings. The van der Waals surface area contributed by atoms with Crippen molar-refractivity contribution in [3.05, 3.63) is 71.3 Å². The molecule has 2 aromatic carbocycles. The van der Waals surface area contributed by atoms with Gasteiger partial charge in [0.05, 0.1) is 6.54 Å². The summed E-state index contributed by atoms with van der Waals surface area (Å²) < 4.78 is 0. The Bertz CT molecular complexity index is 764. The summed E-state index contributed by atoms with van der Waals surface area (Å²) in [6.45, 7) is 5.81. The van der Waals surface area contributed by atoms with Gasteiger partial charge in [-0.15, -0.1) is 24.0 Å².